The zero-order valence-electron chi connectivity index (χ0n) is 12.4. The molecule has 2 atom stereocenters. The standard InChI is InChI=1S/C15H30N2O/c1-4-14(5-2)6-8-17(12-14)15(11-16)7-9-18-10-13(15)3/h13H,4-12,16H2,1-3H3. The maximum atomic E-state index is 6.18. The molecular weight excluding hydrogens is 224 g/mol. The summed E-state index contributed by atoms with van der Waals surface area (Å²) in [5.74, 6) is 0.556. The minimum atomic E-state index is 0.199. The molecule has 18 heavy (non-hydrogen) atoms. The summed E-state index contributed by atoms with van der Waals surface area (Å²) in [5.41, 5.74) is 6.92. The first-order valence-electron chi connectivity index (χ1n) is 7.65. The van der Waals surface area contributed by atoms with Crippen molar-refractivity contribution in [2.24, 2.45) is 17.1 Å². The topological polar surface area (TPSA) is 38.5 Å². The summed E-state index contributed by atoms with van der Waals surface area (Å²) in [6.45, 7) is 12.0. The Bertz CT molecular complexity index is 278. The highest BCUT2D eigenvalue weighted by Crippen LogP contribution is 2.43. The van der Waals surface area contributed by atoms with E-state index in [1.807, 2.05) is 0 Å². The van der Waals surface area contributed by atoms with Crippen molar-refractivity contribution in [1.82, 2.24) is 4.90 Å². The third kappa shape index (κ3) is 2.21. The number of nitrogens with two attached hydrogens (primary N) is 1. The lowest BCUT2D eigenvalue weighted by Crippen LogP contribution is -2.61. The maximum Gasteiger partial charge on any atom is 0.0509 e. The first kappa shape index (κ1) is 14.3. The molecule has 0 amide bonds. The van der Waals surface area contributed by atoms with Crippen LogP contribution in [0.1, 0.15) is 46.5 Å². The van der Waals surface area contributed by atoms with Gasteiger partial charge < -0.3 is 10.5 Å². The average molecular weight is 254 g/mol. The number of likely N-dealkylation sites (tertiary alicyclic amines) is 1. The summed E-state index contributed by atoms with van der Waals surface area (Å²) in [5, 5.41) is 0. The molecule has 0 aromatic rings. The molecule has 0 radical (unpaired) electrons. The second kappa shape index (κ2) is 5.48. The molecule has 2 fully saturated rings. The molecule has 2 unspecified atom stereocenters. The van der Waals surface area contributed by atoms with Crippen LogP contribution < -0.4 is 5.73 Å². The molecule has 0 aliphatic carbocycles. The van der Waals surface area contributed by atoms with Crippen molar-refractivity contribution in [2.75, 3.05) is 32.8 Å². The quantitative estimate of drug-likeness (QED) is 0.836. The number of hydrogen-bond acceptors (Lipinski definition) is 3. The summed E-state index contributed by atoms with van der Waals surface area (Å²) in [7, 11) is 0. The Kier molecular flexibility index (Phi) is 4.35. The zero-order chi connectivity index (χ0) is 13.2. The van der Waals surface area contributed by atoms with Gasteiger partial charge in [0.15, 0.2) is 0 Å². The van der Waals surface area contributed by atoms with Crippen LogP contribution in [-0.4, -0.2) is 43.3 Å². The third-order valence-electron chi connectivity index (χ3n) is 5.89. The molecule has 106 valence electrons. The predicted octanol–water partition coefficient (Wildman–Crippen LogP) is 2.25. The van der Waals surface area contributed by atoms with Gasteiger partial charge in [0.2, 0.25) is 0 Å². The summed E-state index contributed by atoms with van der Waals surface area (Å²) in [6, 6.07) is 0. The lowest BCUT2D eigenvalue weighted by molar-refractivity contribution is -0.0613. The van der Waals surface area contributed by atoms with Gasteiger partial charge in [0.1, 0.15) is 0 Å². The summed E-state index contributed by atoms with van der Waals surface area (Å²) >= 11 is 0. The fraction of sp³-hybridized carbons (Fsp3) is 1.00. The van der Waals surface area contributed by atoms with Crippen LogP contribution in [0.25, 0.3) is 0 Å². The van der Waals surface area contributed by atoms with Gasteiger partial charge in [-0.1, -0.05) is 20.8 Å². The van der Waals surface area contributed by atoms with E-state index in [1.165, 1.54) is 32.4 Å². The van der Waals surface area contributed by atoms with E-state index < -0.39 is 0 Å². The second-order valence-electron chi connectivity index (χ2n) is 6.41. The van der Waals surface area contributed by atoms with Crippen LogP contribution in [0.4, 0.5) is 0 Å². The molecule has 2 saturated heterocycles. The minimum absolute atomic E-state index is 0.199. The van der Waals surface area contributed by atoms with Crippen LogP contribution in [0.2, 0.25) is 0 Å². The Morgan fingerprint density at radius 1 is 1.28 bits per heavy atom. The minimum Gasteiger partial charge on any atom is -0.381 e. The second-order valence-corrected chi connectivity index (χ2v) is 6.41. The number of hydrogen-bond donors (Lipinski definition) is 1. The number of ether oxygens (including phenoxy) is 1. The van der Waals surface area contributed by atoms with E-state index >= 15 is 0 Å². The fourth-order valence-electron chi connectivity index (χ4n) is 3.96. The van der Waals surface area contributed by atoms with Gasteiger partial charge in [-0.25, -0.2) is 0 Å². The fourth-order valence-corrected chi connectivity index (χ4v) is 3.96. The van der Waals surface area contributed by atoms with E-state index in [-0.39, 0.29) is 5.54 Å². The maximum absolute atomic E-state index is 6.18. The van der Waals surface area contributed by atoms with Crippen LogP contribution in [0.15, 0.2) is 0 Å². The molecular formula is C15H30N2O. The van der Waals surface area contributed by atoms with E-state index in [2.05, 4.69) is 25.7 Å². The van der Waals surface area contributed by atoms with Crippen molar-refractivity contribution >= 4 is 0 Å². The first-order valence-corrected chi connectivity index (χ1v) is 7.65. The lowest BCUT2D eigenvalue weighted by Gasteiger charge is -2.49. The molecule has 2 heterocycles. The van der Waals surface area contributed by atoms with Crippen LogP contribution in [0.3, 0.4) is 0 Å². The number of rotatable bonds is 4. The van der Waals surface area contributed by atoms with Gasteiger partial charge in [0, 0.05) is 25.2 Å². The van der Waals surface area contributed by atoms with Crippen LogP contribution in [0, 0.1) is 11.3 Å². The van der Waals surface area contributed by atoms with Gasteiger partial charge >= 0.3 is 0 Å². The van der Waals surface area contributed by atoms with Crippen LogP contribution >= 0.6 is 0 Å². The zero-order valence-corrected chi connectivity index (χ0v) is 12.4. The van der Waals surface area contributed by atoms with Gasteiger partial charge in [-0.05, 0) is 43.6 Å². The SMILES string of the molecule is CCC1(CC)CCN(C2(CN)CCOCC2C)C1. The molecule has 2 aliphatic heterocycles. The van der Waals surface area contributed by atoms with Gasteiger partial charge in [-0.15, -0.1) is 0 Å². The molecule has 3 nitrogen and oxygen atoms in total. The molecule has 0 bridgehead atoms. The van der Waals surface area contributed by atoms with Gasteiger partial charge in [0.05, 0.1) is 6.61 Å². The van der Waals surface area contributed by atoms with E-state index in [0.29, 0.717) is 11.3 Å². The Labute approximate surface area is 112 Å². The Balaban J connectivity index is 2.14. The summed E-state index contributed by atoms with van der Waals surface area (Å²) in [4.78, 5) is 2.70. The van der Waals surface area contributed by atoms with E-state index in [4.69, 9.17) is 10.5 Å². The normalized spacial score (nSPS) is 37.0. The van der Waals surface area contributed by atoms with E-state index in [1.54, 1.807) is 0 Å². The summed E-state index contributed by atoms with van der Waals surface area (Å²) < 4.78 is 5.62. The van der Waals surface area contributed by atoms with E-state index in [9.17, 15) is 0 Å². The van der Waals surface area contributed by atoms with Crippen LogP contribution in [0.5, 0.6) is 0 Å². The highest BCUT2D eigenvalue weighted by molar-refractivity contribution is 5.03. The van der Waals surface area contributed by atoms with Crippen molar-refractivity contribution in [3.05, 3.63) is 0 Å². The first-order chi connectivity index (χ1) is 8.62. The van der Waals surface area contributed by atoms with Crippen molar-refractivity contribution in [3.8, 4) is 0 Å². The Morgan fingerprint density at radius 2 is 2.00 bits per heavy atom. The molecule has 0 aromatic heterocycles. The smallest absolute Gasteiger partial charge is 0.0509 e. The van der Waals surface area contributed by atoms with E-state index in [0.717, 1.165) is 26.2 Å². The highest BCUT2D eigenvalue weighted by Gasteiger charge is 2.48. The largest absolute Gasteiger partial charge is 0.381 e. The number of nitrogens with zero attached hydrogens (tertiary/aromatic N) is 1. The third-order valence-corrected chi connectivity index (χ3v) is 5.89. The predicted molar refractivity (Wildman–Crippen MR) is 75.6 cm³/mol. The van der Waals surface area contributed by atoms with Crippen molar-refractivity contribution in [3.63, 3.8) is 0 Å². The van der Waals surface area contributed by atoms with Crippen LogP contribution in [-0.2, 0) is 4.74 Å². The molecule has 0 spiro atoms. The lowest BCUT2D eigenvalue weighted by atomic mass is 9.78. The van der Waals surface area contributed by atoms with Crippen molar-refractivity contribution < 1.29 is 4.74 Å². The van der Waals surface area contributed by atoms with Crippen molar-refractivity contribution in [2.45, 2.75) is 52.0 Å². The monoisotopic (exact) mass is 254 g/mol. The summed E-state index contributed by atoms with van der Waals surface area (Å²) in [6.07, 6.45) is 5.04. The van der Waals surface area contributed by atoms with Gasteiger partial charge in [0.25, 0.3) is 0 Å². The molecule has 0 aromatic carbocycles. The Morgan fingerprint density at radius 3 is 2.50 bits per heavy atom. The molecule has 2 aliphatic rings. The Hall–Kier alpha value is -0.120. The van der Waals surface area contributed by atoms with Gasteiger partial charge in [-0.3, -0.25) is 4.90 Å². The highest BCUT2D eigenvalue weighted by atomic mass is 16.5. The van der Waals surface area contributed by atoms with Gasteiger partial charge in [-0.2, -0.15) is 0 Å². The average Bonchev–Trinajstić information content (AvgIpc) is 2.85. The molecule has 0 saturated carbocycles. The van der Waals surface area contributed by atoms with Crippen molar-refractivity contribution in [1.29, 1.82) is 0 Å². The molecule has 2 N–H and O–H groups in total. The molecule has 2 rings (SSSR count). The molecule has 3 heteroatoms.